The van der Waals surface area contributed by atoms with E-state index in [1.807, 2.05) is 12.1 Å². The summed E-state index contributed by atoms with van der Waals surface area (Å²) in [6, 6.07) is 14.0. The van der Waals surface area contributed by atoms with E-state index >= 15 is 0 Å². The highest BCUT2D eigenvalue weighted by Gasteiger charge is 2.40. The Morgan fingerprint density at radius 1 is 1.00 bits per heavy atom. The van der Waals surface area contributed by atoms with E-state index in [-0.39, 0.29) is 23.9 Å². The van der Waals surface area contributed by atoms with Gasteiger partial charge in [0, 0.05) is 43.3 Å². The van der Waals surface area contributed by atoms with Crippen molar-refractivity contribution in [3.05, 3.63) is 64.7 Å². The molecule has 2 aliphatic heterocycles. The summed E-state index contributed by atoms with van der Waals surface area (Å²) in [5, 5.41) is 0. The van der Waals surface area contributed by atoms with Crippen LogP contribution in [-0.2, 0) is 34.0 Å². The molecule has 1 atom stereocenters. The normalized spacial score (nSPS) is 21.0. The topological polar surface area (TPSA) is 76.2 Å². The van der Waals surface area contributed by atoms with Gasteiger partial charge in [0.2, 0.25) is 0 Å². The van der Waals surface area contributed by atoms with Crippen LogP contribution in [0.2, 0.25) is 0 Å². The van der Waals surface area contributed by atoms with Gasteiger partial charge in [0.1, 0.15) is 18.1 Å². The number of amides is 1. The molecule has 7 heteroatoms. The van der Waals surface area contributed by atoms with Gasteiger partial charge >= 0.3 is 0 Å². The number of hydrogen-bond donors (Lipinski definition) is 0. The maximum absolute atomic E-state index is 13.0. The molecule has 1 amide bonds. The van der Waals surface area contributed by atoms with Gasteiger partial charge in [0.15, 0.2) is 5.78 Å². The lowest BCUT2D eigenvalue weighted by Crippen LogP contribution is -2.44. The maximum atomic E-state index is 13.0. The van der Waals surface area contributed by atoms with Gasteiger partial charge in [-0.1, -0.05) is 30.3 Å². The summed E-state index contributed by atoms with van der Waals surface area (Å²) in [5.41, 5.74) is 3.72. The van der Waals surface area contributed by atoms with Crippen LogP contribution in [0.15, 0.2) is 42.5 Å². The summed E-state index contributed by atoms with van der Waals surface area (Å²) < 4.78 is 11.6. The second-order valence-corrected chi connectivity index (χ2v) is 9.82. The van der Waals surface area contributed by atoms with Crippen LogP contribution in [0.1, 0.15) is 59.2 Å². The number of ketones is 2. The minimum absolute atomic E-state index is 0.0410. The van der Waals surface area contributed by atoms with Crippen LogP contribution in [0, 0.1) is 0 Å². The molecule has 0 spiro atoms. The minimum atomic E-state index is -0.521. The van der Waals surface area contributed by atoms with Gasteiger partial charge in [-0.2, -0.15) is 0 Å². The highest BCUT2D eigenvalue weighted by atomic mass is 16.5. The zero-order valence-electron chi connectivity index (χ0n) is 20.2. The molecule has 5 rings (SSSR count). The molecule has 3 aliphatic rings. The van der Waals surface area contributed by atoms with E-state index in [4.69, 9.17) is 9.47 Å². The fourth-order valence-electron chi connectivity index (χ4n) is 5.35. The molecule has 0 radical (unpaired) electrons. The Morgan fingerprint density at radius 3 is 2.49 bits per heavy atom. The third-order valence-electron chi connectivity index (χ3n) is 7.43. The number of carbonyl (C=O) groups is 3. The summed E-state index contributed by atoms with van der Waals surface area (Å²) in [6.45, 7) is 3.33. The van der Waals surface area contributed by atoms with Crippen molar-refractivity contribution in [3.63, 3.8) is 0 Å². The number of nitrogens with zero attached hydrogens (tertiary/aromatic N) is 2. The van der Waals surface area contributed by atoms with Crippen LogP contribution in [0.25, 0.3) is 0 Å². The number of carbonyl (C=O) groups excluding carboxylic acids is 3. The lowest BCUT2D eigenvalue weighted by molar-refractivity contribution is -0.133. The molecule has 1 aliphatic carbocycles. The molecule has 35 heavy (non-hydrogen) atoms. The first-order chi connectivity index (χ1) is 17.0. The molecule has 0 N–H and O–H groups in total. The van der Waals surface area contributed by atoms with Crippen molar-refractivity contribution < 1.29 is 23.9 Å². The van der Waals surface area contributed by atoms with Gasteiger partial charge < -0.3 is 14.4 Å². The molecule has 0 bridgehead atoms. The van der Waals surface area contributed by atoms with Crippen molar-refractivity contribution in [1.29, 1.82) is 0 Å². The van der Waals surface area contributed by atoms with E-state index in [0.717, 1.165) is 43.7 Å². The number of rotatable bonds is 7. The van der Waals surface area contributed by atoms with Crippen LogP contribution < -0.4 is 4.74 Å². The van der Waals surface area contributed by atoms with Crippen molar-refractivity contribution in [1.82, 2.24) is 9.80 Å². The average Bonchev–Trinajstić information content (AvgIpc) is 3.21. The molecular weight excluding hydrogens is 444 g/mol. The summed E-state index contributed by atoms with van der Waals surface area (Å²) in [7, 11) is 2.17. The maximum Gasteiger partial charge on any atom is 0.255 e. The largest absolute Gasteiger partial charge is 0.489 e. The van der Waals surface area contributed by atoms with E-state index < -0.39 is 6.04 Å². The Hall–Kier alpha value is -3.03. The number of fused-ring (bicyclic) bond motifs is 1. The Kier molecular flexibility index (Phi) is 6.97. The standard InChI is InChI=1S/C28H32N2O5/c1-29(21-11-13-34-14-12-21)16-19-5-7-20(8-6-19)18-35-27-4-2-3-23-24(27)17-30(28(23)33)25-10-9-22(31)15-26(25)32/h2-8,21,25H,9-18H2,1H3. The lowest BCUT2D eigenvalue weighted by atomic mass is 9.92. The summed E-state index contributed by atoms with van der Waals surface area (Å²) in [6.07, 6.45) is 2.84. The Bertz CT molecular complexity index is 1110. The third kappa shape index (κ3) is 5.16. The molecule has 2 aromatic carbocycles. The molecule has 1 saturated carbocycles. The summed E-state index contributed by atoms with van der Waals surface area (Å²) in [4.78, 5) is 41.0. The molecular formula is C28H32N2O5. The number of benzene rings is 2. The summed E-state index contributed by atoms with van der Waals surface area (Å²) in [5.74, 6) is 0.310. The average molecular weight is 477 g/mol. The Morgan fingerprint density at radius 2 is 1.74 bits per heavy atom. The third-order valence-corrected chi connectivity index (χ3v) is 7.43. The number of Topliss-reactive ketones (excluding diaryl/α,β-unsaturated/α-hetero) is 2. The lowest BCUT2D eigenvalue weighted by Gasteiger charge is -2.31. The van der Waals surface area contributed by atoms with Crippen LogP contribution in [0.4, 0.5) is 0 Å². The highest BCUT2D eigenvalue weighted by Crippen LogP contribution is 2.34. The van der Waals surface area contributed by atoms with Gasteiger partial charge in [0.05, 0.1) is 19.0 Å². The molecule has 2 fully saturated rings. The smallest absolute Gasteiger partial charge is 0.255 e. The molecule has 1 unspecified atom stereocenters. The molecule has 0 aromatic heterocycles. The van der Waals surface area contributed by atoms with Gasteiger partial charge in [-0.25, -0.2) is 0 Å². The fourth-order valence-corrected chi connectivity index (χ4v) is 5.35. The molecule has 2 heterocycles. The number of hydrogen-bond acceptors (Lipinski definition) is 6. The van der Waals surface area contributed by atoms with Crippen LogP contribution in [0.3, 0.4) is 0 Å². The second kappa shape index (κ2) is 10.3. The molecule has 184 valence electrons. The monoisotopic (exact) mass is 476 g/mol. The predicted octanol–water partition coefficient (Wildman–Crippen LogP) is 3.52. The number of ether oxygens (including phenoxy) is 2. The van der Waals surface area contributed by atoms with E-state index in [1.165, 1.54) is 5.56 Å². The Labute approximate surface area is 206 Å². The zero-order valence-corrected chi connectivity index (χ0v) is 20.2. The van der Waals surface area contributed by atoms with Crippen molar-refractivity contribution in [2.24, 2.45) is 0 Å². The van der Waals surface area contributed by atoms with Crippen molar-refractivity contribution in [2.75, 3.05) is 20.3 Å². The first-order valence-electron chi connectivity index (χ1n) is 12.5. The molecule has 2 aromatic rings. The van der Waals surface area contributed by atoms with Gasteiger partial charge in [-0.05, 0) is 49.6 Å². The van der Waals surface area contributed by atoms with E-state index in [0.29, 0.717) is 43.3 Å². The fraction of sp³-hybridized carbons (Fsp3) is 0.464. The van der Waals surface area contributed by atoms with Gasteiger partial charge in [-0.3, -0.25) is 19.3 Å². The predicted molar refractivity (Wildman–Crippen MR) is 130 cm³/mol. The SMILES string of the molecule is CN(Cc1ccc(COc2cccc3c2CN(C2CCC(=O)CC2=O)C3=O)cc1)C1CCOCC1. The molecule has 7 nitrogen and oxygen atoms in total. The first-order valence-corrected chi connectivity index (χ1v) is 12.5. The van der Waals surface area contributed by atoms with E-state index in [1.54, 1.807) is 11.0 Å². The zero-order chi connectivity index (χ0) is 24.4. The highest BCUT2D eigenvalue weighted by molar-refractivity contribution is 6.07. The van der Waals surface area contributed by atoms with Crippen LogP contribution in [-0.4, -0.2) is 59.6 Å². The minimum Gasteiger partial charge on any atom is -0.489 e. The first kappa shape index (κ1) is 23.7. The quantitative estimate of drug-likeness (QED) is 0.569. The van der Waals surface area contributed by atoms with E-state index in [9.17, 15) is 14.4 Å². The van der Waals surface area contributed by atoms with E-state index in [2.05, 4.69) is 36.2 Å². The van der Waals surface area contributed by atoms with Crippen molar-refractivity contribution >= 4 is 17.5 Å². The Balaban J connectivity index is 1.21. The van der Waals surface area contributed by atoms with Gasteiger partial charge in [0.25, 0.3) is 5.91 Å². The second-order valence-electron chi connectivity index (χ2n) is 9.82. The summed E-state index contributed by atoms with van der Waals surface area (Å²) >= 11 is 0. The van der Waals surface area contributed by atoms with Gasteiger partial charge in [-0.15, -0.1) is 0 Å². The van der Waals surface area contributed by atoms with Crippen molar-refractivity contribution in [2.45, 2.75) is 63.9 Å². The molecule has 1 saturated heterocycles. The van der Waals surface area contributed by atoms with Crippen LogP contribution >= 0.6 is 0 Å². The van der Waals surface area contributed by atoms with Crippen molar-refractivity contribution in [3.8, 4) is 5.75 Å². The van der Waals surface area contributed by atoms with Crippen LogP contribution in [0.5, 0.6) is 5.75 Å².